The van der Waals surface area contributed by atoms with Crippen LogP contribution in [0.15, 0.2) is 53.4 Å². The molecule has 11 heteroatoms. The lowest BCUT2D eigenvalue weighted by atomic mass is 9.67. The zero-order valence-corrected chi connectivity index (χ0v) is 24.3. The van der Waals surface area contributed by atoms with E-state index in [2.05, 4.69) is 26.1 Å². The molecule has 1 aliphatic heterocycles. The van der Waals surface area contributed by atoms with Crippen LogP contribution in [0.3, 0.4) is 0 Å². The highest BCUT2D eigenvalue weighted by molar-refractivity contribution is 8.00. The maximum atomic E-state index is 13.9. The smallest absolute Gasteiger partial charge is 0.446 e. The molecule has 41 heavy (non-hydrogen) atoms. The van der Waals surface area contributed by atoms with Crippen molar-refractivity contribution in [1.82, 2.24) is 10.2 Å². The van der Waals surface area contributed by atoms with Gasteiger partial charge in [0, 0.05) is 29.2 Å². The number of benzene rings is 2. The summed E-state index contributed by atoms with van der Waals surface area (Å²) in [5.74, 6) is -0.874. The van der Waals surface area contributed by atoms with Gasteiger partial charge in [0.1, 0.15) is 0 Å². The van der Waals surface area contributed by atoms with Crippen LogP contribution in [0.1, 0.15) is 68.8 Å². The Labute approximate surface area is 242 Å². The fourth-order valence-corrected chi connectivity index (χ4v) is 6.45. The number of alkyl halides is 3. The van der Waals surface area contributed by atoms with Crippen molar-refractivity contribution in [1.29, 1.82) is 0 Å². The number of carboxylic acid groups (broad SMARTS) is 1. The van der Waals surface area contributed by atoms with Crippen LogP contribution in [0.25, 0.3) is 0 Å². The third kappa shape index (κ3) is 7.55. The summed E-state index contributed by atoms with van der Waals surface area (Å²) in [6.45, 7) is 7.39. The molecule has 2 aromatic carbocycles. The Morgan fingerprint density at radius 3 is 2.32 bits per heavy atom. The van der Waals surface area contributed by atoms with Crippen LogP contribution in [0.4, 0.5) is 23.7 Å². The zero-order valence-electron chi connectivity index (χ0n) is 23.5. The maximum Gasteiger partial charge on any atom is 0.446 e. The van der Waals surface area contributed by atoms with Crippen molar-refractivity contribution in [2.75, 3.05) is 18.0 Å². The third-order valence-electron chi connectivity index (χ3n) is 8.17. The van der Waals surface area contributed by atoms with Gasteiger partial charge in [0.15, 0.2) is 0 Å². The molecular formula is C30H36F3N3O4S. The number of amides is 3. The Hall–Kier alpha value is -3.21. The second-order valence-corrected chi connectivity index (χ2v) is 13.1. The van der Waals surface area contributed by atoms with Crippen molar-refractivity contribution in [3.8, 4) is 0 Å². The number of nitrogens with zero attached hydrogens (tertiary/aromatic N) is 2. The number of thioether (sulfide) groups is 1. The first-order chi connectivity index (χ1) is 19.2. The second-order valence-electron chi connectivity index (χ2n) is 12.0. The molecule has 2 aliphatic rings. The number of carboxylic acids is 1. The number of hydrogen-bond acceptors (Lipinski definition) is 4. The largest absolute Gasteiger partial charge is 0.481 e. The quantitative estimate of drug-likeness (QED) is 0.325. The minimum atomic E-state index is -4.43. The first-order valence-electron chi connectivity index (χ1n) is 13.7. The number of carbonyl (C=O) groups is 3. The van der Waals surface area contributed by atoms with Crippen molar-refractivity contribution < 1.29 is 32.7 Å². The van der Waals surface area contributed by atoms with Gasteiger partial charge in [0.25, 0.3) is 5.91 Å². The standard InChI is InChI=1S/C30H36F3N3O4S/c1-28(2,3)22-11-14-29(15-12-22)19-35(23-5-4-6-24(17-23)41-30(31,32)33)27(40)36(29)18-20-7-9-21(10-8-20)26(39)34-16-13-25(37)38/h4-10,17,22H,11-16,18-19H2,1-3H3,(H,34,39)(H,37,38). The third-order valence-corrected chi connectivity index (χ3v) is 8.89. The molecule has 1 saturated heterocycles. The molecule has 7 nitrogen and oxygen atoms in total. The van der Waals surface area contributed by atoms with Gasteiger partial charge >= 0.3 is 17.5 Å². The molecule has 0 atom stereocenters. The molecule has 2 aromatic rings. The summed E-state index contributed by atoms with van der Waals surface area (Å²) in [6.07, 6.45) is 3.30. The van der Waals surface area contributed by atoms with Crippen LogP contribution < -0.4 is 10.2 Å². The predicted octanol–water partition coefficient (Wildman–Crippen LogP) is 6.92. The van der Waals surface area contributed by atoms with E-state index in [1.165, 1.54) is 12.1 Å². The minimum absolute atomic E-state index is 0.0226. The normalized spacial score (nSPS) is 21.4. The van der Waals surface area contributed by atoms with E-state index in [1.807, 2.05) is 4.90 Å². The summed E-state index contributed by atoms with van der Waals surface area (Å²) in [5, 5.41) is 11.3. The van der Waals surface area contributed by atoms with Crippen molar-refractivity contribution >= 4 is 35.4 Å². The predicted molar refractivity (Wildman–Crippen MR) is 152 cm³/mol. The zero-order chi connectivity index (χ0) is 30.0. The molecular weight excluding hydrogens is 555 g/mol. The van der Waals surface area contributed by atoms with Crippen LogP contribution in [0.5, 0.6) is 0 Å². The Bertz CT molecular complexity index is 1270. The van der Waals surface area contributed by atoms with Gasteiger partial charge in [0.05, 0.1) is 18.5 Å². The molecule has 2 N–H and O–H groups in total. The average Bonchev–Trinajstić information content (AvgIpc) is 3.14. The number of anilines is 1. The van der Waals surface area contributed by atoms with Crippen LogP contribution in [-0.4, -0.2) is 52.1 Å². The summed E-state index contributed by atoms with van der Waals surface area (Å²) in [4.78, 5) is 40.5. The summed E-state index contributed by atoms with van der Waals surface area (Å²) >= 11 is -0.195. The van der Waals surface area contributed by atoms with Gasteiger partial charge in [-0.15, -0.1) is 0 Å². The number of carbonyl (C=O) groups excluding carboxylic acids is 2. The molecule has 1 spiro atoms. The molecule has 222 valence electrons. The van der Waals surface area contributed by atoms with E-state index in [9.17, 15) is 27.6 Å². The Morgan fingerprint density at radius 1 is 1.07 bits per heavy atom. The fourth-order valence-electron chi connectivity index (χ4n) is 5.86. The molecule has 1 heterocycles. The van der Waals surface area contributed by atoms with Crippen molar-refractivity contribution in [2.45, 2.75) is 75.4 Å². The monoisotopic (exact) mass is 591 g/mol. The van der Waals surface area contributed by atoms with Gasteiger partial charge in [0.2, 0.25) is 0 Å². The van der Waals surface area contributed by atoms with E-state index in [0.717, 1.165) is 31.2 Å². The van der Waals surface area contributed by atoms with Gasteiger partial charge in [-0.3, -0.25) is 14.5 Å². The Morgan fingerprint density at radius 2 is 1.73 bits per heavy atom. The fraction of sp³-hybridized carbons (Fsp3) is 0.500. The minimum Gasteiger partial charge on any atom is -0.481 e. The van der Waals surface area contributed by atoms with E-state index in [-0.39, 0.29) is 47.0 Å². The van der Waals surface area contributed by atoms with E-state index < -0.39 is 17.0 Å². The van der Waals surface area contributed by atoms with Crippen molar-refractivity contribution in [3.63, 3.8) is 0 Å². The number of urea groups is 1. The lowest BCUT2D eigenvalue weighted by Gasteiger charge is -2.45. The molecule has 4 rings (SSSR count). The number of hydrogen-bond donors (Lipinski definition) is 2. The van der Waals surface area contributed by atoms with E-state index in [1.54, 1.807) is 41.3 Å². The van der Waals surface area contributed by atoms with Gasteiger partial charge < -0.3 is 15.3 Å². The highest BCUT2D eigenvalue weighted by Crippen LogP contribution is 2.48. The molecule has 0 unspecified atom stereocenters. The summed E-state index contributed by atoms with van der Waals surface area (Å²) in [6, 6.07) is 12.6. The van der Waals surface area contributed by atoms with Crippen LogP contribution in [0, 0.1) is 11.3 Å². The van der Waals surface area contributed by atoms with Gasteiger partial charge in [-0.2, -0.15) is 13.2 Å². The number of aliphatic carboxylic acids is 1. The summed E-state index contributed by atoms with van der Waals surface area (Å²) < 4.78 is 39.1. The van der Waals surface area contributed by atoms with Crippen molar-refractivity contribution in [2.24, 2.45) is 11.3 Å². The second kappa shape index (κ2) is 12.0. The van der Waals surface area contributed by atoms with Gasteiger partial charge in [-0.05, 0) is 84.7 Å². The molecule has 0 aromatic heterocycles. The number of nitrogens with one attached hydrogen (secondary N) is 1. The van der Waals surface area contributed by atoms with Crippen LogP contribution >= 0.6 is 11.8 Å². The molecule has 0 radical (unpaired) electrons. The lowest BCUT2D eigenvalue weighted by Crippen LogP contribution is -2.50. The molecule has 2 fully saturated rings. The molecule has 1 aliphatic carbocycles. The Kier molecular flexibility index (Phi) is 8.96. The highest BCUT2D eigenvalue weighted by Gasteiger charge is 2.52. The maximum absolute atomic E-state index is 13.9. The summed E-state index contributed by atoms with van der Waals surface area (Å²) in [7, 11) is 0. The van der Waals surface area contributed by atoms with Gasteiger partial charge in [-0.1, -0.05) is 39.0 Å². The van der Waals surface area contributed by atoms with Crippen molar-refractivity contribution in [3.05, 3.63) is 59.7 Å². The highest BCUT2D eigenvalue weighted by atomic mass is 32.2. The van der Waals surface area contributed by atoms with Crippen LogP contribution in [-0.2, 0) is 11.3 Å². The molecule has 3 amide bonds. The number of rotatable bonds is 8. The van der Waals surface area contributed by atoms with Gasteiger partial charge in [-0.25, -0.2) is 4.79 Å². The average molecular weight is 592 g/mol. The first-order valence-corrected chi connectivity index (χ1v) is 14.5. The topological polar surface area (TPSA) is 90.0 Å². The summed E-state index contributed by atoms with van der Waals surface area (Å²) in [5.41, 5.74) is -3.10. The van der Waals surface area contributed by atoms with Crippen LogP contribution in [0.2, 0.25) is 0 Å². The molecule has 1 saturated carbocycles. The van der Waals surface area contributed by atoms with E-state index in [4.69, 9.17) is 5.11 Å². The molecule has 0 bridgehead atoms. The van der Waals surface area contributed by atoms with E-state index in [0.29, 0.717) is 30.3 Å². The Balaban J connectivity index is 1.56. The number of halogens is 3. The van der Waals surface area contributed by atoms with E-state index >= 15 is 0 Å². The lowest BCUT2D eigenvalue weighted by molar-refractivity contribution is -0.136. The SMILES string of the molecule is CC(C)(C)C1CCC2(CC1)CN(c1cccc(SC(F)(F)F)c1)C(=O)N2Cc1ccc(C(=O)NCCC(=O)O)cc1. The first kappa shape index (κ1) is 30.7.